The van der Waals surface area contributed by atoms with Gasteiger partial charge in [-0.05, 0) is 48.0 Å². The number of carbonyl (C=O) groups is 1. The molecule has 7 heteroatoms. The van der Waals surface area contributed by atoms with Gasteiger partial charge in [0.2, 0.25) is 0 Å². The van der Waals surface area contributed by atoms with E-state index in [1.165, 1.54) is 0 Å². The molecule has 1 amide bonds. The minimum absolute atomic E-state index is 0.211. The third-order valence-electron chi connectivity index (χ3n) is 4.15. The number of nitrogens with one attached hydrogen (secondary N) is 1. The molecule has 0 aliphatic rings. The molecule has 4 rings (SSSR count). The predicted octanol–water partition coefficient (Wildman–Crippen LogP) is 5.15. The van der Waals surface area contributed by atoms with E-state index in [0.717, 1.165) is 21.1 Å². The molecule has 27 heavy (non-hydrogen) atoms. The average Bonchev–Trinajstić information content (AvgIpc) is 3.08. The van der Waals surface area contributed by atoms with Crippen LogP contribution in [-0.2, 0) is 6.54 Å². The molecule has 0 saturated heterocycles. The number of hydrogen-bond donors (Lipinski definition) is 1. The number of halogens is 2. The lowest BCUT2D eigenvalue weighted by Gasteiger charge is -2.08. The molecule has 0 atom stereocenters. The number of fused-ring (bicyclic) bond motifs is 1. The first kappa shape index (κ1) is 17.7. The van der Waals surface area contributed by atoms with Crippen molar-refractivity contribution in [3.63, 3.8) is 0 Å². The summed E-state index contributed by atoms with van der Waals surface area (Å²) in [4.78, 5) is 12.4. The third-order valence-corrected chi connectivity index (χ3v) is 4.95. The molecule has 0 saturated carbocycles. The van der Waals surface area contributed by atoms with Gasteiger partial charge in [0.25, 0.3) is 5.91 Å². The summed E-state index contributed by atoms with van der Waals surface area (Å²) in [5.74, 6) is -0.211. The fourth-order valence-electron chi connectivity index (χ4n) is 2.75. The number of carbonyl (C=O) groups excluding carboxylic acids is 1. The maximum Gasteiger partial charge on any atom is 0.255 e. The summed E-state index contributed by atoms with van der Waals surface area (Å²) < 4.78 is 2.70. The minimum atomic E-state index is -0.211. The normalized spacial score (nSPS) is 10.9. The molecule has 4 aromatic rings. The fourth-order valence-corrected chi connectivity index (χ4v) is 3.47. The minimum Gasteiger partial charge on any atom is -0.321 e. The van der Waals surface area contributed by atoms with E-state index in [1.807, 2.05) is 47.1 Å². The van der Waals surface area contributed by atoms with E-state index in [0.29, 0.717) is 22.8 Å². The Morgan fingerprint density at radius 1 is 1.07 bits per heavy atom. The van der Waals surface area contributed by atoms with Gasteiger partial charge >= 0.3 is 0 Å². The topological polar surface area (TPSA) is 59.8 Å². The van der Waals surface area contributed by atoms with Crippen LogP contribution in [0.5, 0.6) is 0 Å². The Morgan fingerprint density at radius 3 is 2.63 bits per heavy atom. The van der Waals surface area contributed by atoms with Crippen LogP contribution in [0, 0.1) is 0 Å². The van der Waals surface area contributed by atoms with Crippen LogP contribution < -0.4 is 5.32 Å². The number of amides is 1. The smallest absolute Gasteiger partial charge is 0.255 e. The van der Waals surface area contributed by atoms with Crippen molar-refractivity contribution in [3.8, 4) is 0 Å². The van der Waals surface area contributed by atoms with Crippen LogP contribution >= 0.6 is 27.5 Å². The number of anilines is 1. The van der Waals surface area contributed by atoms with E-state index in [-0.39, 0.29) is 5.91 Å². The quantitative estimate of drug-likeness (QED) is 0.476. The number of hydrogen-bond acceptors (Lipinski definition) is 3. The van der Waals surface area contributed by atoms with Gasteiger partial charge in [-0.1, -0.05) is 57.0 Å². The number of benzene rings is 3. The lowest BCUT2D eigenvalue weighted by atomic mass is 10.1. The summed E-state index contributed by atoms with van der Waals surface area (Å²) in [5.41, 5.74) is 4.00. The SMILES string of the molecule is O=C(Nc1ccc(Br)cc1Cl)c1ccc(Cn2nnc3ccccc32)cc1. The maximum atomic E-state index is 12.4. The second kappa shape index (κ2) is 7.50. The first-order valence-corrected chi connectivity index (χ1v) is 9.41. The molecule has 0 radical (unpaired) electrons. The molecular formula is C20H14BrClN4O. The number of nitrogens with zero attached hydrogens (tertiary/aromatic N) is 3. The molecule has 0 aliphatic carbocycles. The zero-order chi connectivity index (χ0) is 18.8. The molecule has 0 aliphatic heterocycles. The van der Waals surface area contributed by atoms with E-state index in [2.05, 4.69) is 31.6 Å². The van der Waals surface area contributed by atoms with Gasteiger partial charge < -0.3 is 5.32 Å². The Hall–Kier alpha value is -2.70. The summed E-state index contributed by atoms with van der Waals surface area (Å²) >= 11 is 9.50. The van der Waals surface area contributed by atoms with E-state index in [1.54, 1.807) is 24.3 Å². The van der Waals surface area contributed by atoms with Gasteiger partial charge in [-0.3, -0.25) is 4.79 Å². The van der Waals surface area contributed by atoms with E-state index in [9.17, 15) is 4.79 Å². The molecule has 5 nitrogen and oxygen atoms in total. The number of para-hydroxylation sites is 1. The lowest BCUT2D eigenvalue weighted by Crippen LogP contribution is -2.12. The summed E-state index contributed by atoms with van der Waals surface area (Å²) in [6.45, 7) is 0.584. The van der Waals surface area contributed by atoms with Crippen molar-refractivity contribution in [2.24, 2.45) is 0 Å². The van der Waals surface area contributed by atoms with Gasteiger partial charge in [0.1, 0.15) is 5.52 Å². The molecular weight excluding hydrogens is 428 g/mol. The van der Waals surface area contributed by atoms with E-state index < -0.39 is 0 Å². The van der Waals surface area contributed by atoms with Crippen molar-refractivity contribution in [2.75, 3.05) is 5.32 Å². The maximum absolute atomic E-state index is 12.4. The van der Waals surface area contributed by atoms with E-state index >= 15 is 0 Å². The zero-order valence-electron chi connectivity index (χ0n) is 14.1. The predicted molar refractivity (Wildman–Crippen MR) is 110 cm³/mol. The summed E-state index contributed by atoms with van der Waals surface area (Å²) in [7, 11) is 0. The Labute approximate surface area is 169 Å². The summed E-state index contributed by atoms with van der Waals surface area (Å²) in [6.07, 6.45) is 0. The van der Waals surface area contributed by atoms with Crippen molar-refractivity contribution in [1.29, 1.82) is 0 Å². The second-order valence-corrected chi connectivity index (χ2v) is 7.33. The molecule has 0 spiro atoms. The Morgan fingerprint density at radius 2 is 1.85 bits per heavy atom. The fraction of sp³-hybridized carbons (Fsp3) is 0.0500. The first-order chi connectivity index (χ1) is 13.1. The highest BCUT2D eigenvalue weighted by atomic mass is 79.9. The van der Waals surface area contributed by atoms with Gasteiger partial charge in [0.05, 0.1) is 22.8 Å². The Balaban J connectivity index is 1.49. The largest absolute Gasteiger partial charge is 0.321 e. The van der Waals surface area contributed by atoms with Crippen LogP contribution in [0.4, 0.5) is 5.69 Å². The van der Waals surface area contributed by atoms with Crippen LogP contribution in [0.2, 0.25) is 5.02 Å². The highest BCUT2D eigenvalue weighted by Crippen LogP contribution is 2.26. The molecule has 0 unspecified atom stereocenters. The van der Waals surface area contributed by atoms with Crippen LogP contribution in [0.25, 0.3) is 11.0 Å². The molecule has 3 aromatic carbocycles. The average molecular weight is 442 g/mol. The van der Waals surface area contributed by atoms with Crippen LogP contribution in [0.15, 0.2) is 71.2 Å². The standard InChI is InChI=1S/C20H14BrClN4O/c21-15-9-10-17(16(22)11-15)23-20(27)14-7-5-13(6-8-14)12-26-19-4-2-1-3-18(19)24-25-26/h1-11H,12H2,(H,23,27). The van der Waals surface area contributed by atoms with Gasteiger partial charge in [0, 0.05) is 10.0 Å². The van der Waals surface area contributed by atoms with Crippen molar-refractivity contribution in [3.05, 3.63) is 87.4 Å². The molecule has 0 fully saturated rings. The molecule has 0 bridgehead atoms. The first-order valence-electron chi connectivity index (χ1n) is 8.24. The monoisotopic (exact) mass is 440 g/mol. The molecule has 1 aromatic heterocycles. The number of rotatable bonds is 4. The Bertz CT molecular complexity index is 1120. The van der Waals surface area contributed by atoms with Gasteiger partial charge in [-0.25, -0.2) is 4.68 Å². The van der Waals surface area contributed by atoms with Crippen molar-refractivity contribution >= 4 is 50.2 Å². The summed E-state index contributed by atoms with van der Waals surface area (Å²) in [6, 6.07) is 20.5. The van der Waals surface area contributed by atoms with Crippen molar-refractivity contribution in [1.82, 2.24) is 15.0 Å². The van der Waals surface area contributed by atoms with Gasteiger partial charge in [0.15, 0.2) is 0 Å². The molecule has 1 heterocycles. The molecule has 1 N–H and O–H groups in total. The van der Waals surface area contributed by atoms with Crippen molar-refractivity contribution in [2.45, 2.75) is 6.54 Å². The zero-order valence-corrected chi connectivity index (χ0v) is 16.4. The second-order valence-electron chi connectivity index (χ2n) is 6.01. The third kappa shape index (κ3) is 3.86. The van der Waals surface area contributed by atoms with Crippen LogP contribution in [0.1, 0.15) is 15.9 Å². The molecule has 134 valence electrons. The Kier molecular flexibility index (Phi) is 4.92. The van der Waals surface area contributed by atoms with Crippen LogP contribution in [0.3, 0.4) is 0 Å². The highest BCUT2D eigenvalue weighted by molar-refractivity contribution is 9.10. The van der Waals surface area contributed by atoms with Crippen molar-refractivity contribution < 1.29 is 4.79 Å². The summed E-state index contributed by atoms with van der Waals surface area (Å²) in [5, 5.41) is 11.6. The van der Waals surface area contributed by atoms with Crippen LogP contribution in [-0.4, -0.2) is 20.9 Å². The lowest BCUT2D eigenvalue weighted by molar-refractivity contribution is 0.102. The highest BCUT2D eigenvalue weighted by Gasteiger charge is 2.10. The van der Waals surface area contributed by atoms with Gasteiger partial charge in [-0.2, -0.15) is 0 Å². The number of aromatic nitrogens is 3. The van der Waals surface area contributed by atoms with Gasteiger partial charge in [-0.15, -0.1) is 5.10 Å². The van der Waals surface area contributed by atoms with E-state index in [4.69, 9.17) is 11.6 Å².